The van der Waals surface area contributed by atoms with E-state index in [4.69, 9.17) is 5.11 Å². The zero-order chi connectivity index (χ0) is 16.1. The number of piperidine rings is 1. The van der Waals surface area contributed by atoms with Crippen LogP contribution in [0.25, 0.3) is 0 Å². The predicted octanol–water partition coefficient (Wildman–Crippen LogP) is 2.97. The Morgan fingerprint density at radius 3 is 2.86 bits per heavy atom. The molecule has 0 unspecified atom stereocenters. The van der Waals surface area contributed by atoms with Gasteiger partial charge in [-0.3, -0.25) is 0 Å². The Morgan fingerprint density at radius 2 is 2.18 bits per heavy atom. The molecule has 4 nitrogen and oxygen atoms in total. The molecule has 0 radical (unpaired) electrons. The number of carbonyl (C=O) groups excluding carboxylic acids is 1. The molecule has 6 heteroatoms. The van der Waals surface area contributed by atoms with Crippen molar-refractivity contribution in [2.24, 2.45) is 0 Å². The number of carbonyl (C=O) groups is 1. The van der Waals surface area contributed by atoms with Gasteiger partial charge in [-0.1, -0.05) is 6.07 Å². The quantitative estimate of drug-likeness (QED) is 0.898. The van der Waals surface area contributed by atoms with Crippen LogP contribution < -0.4 is 5.32 Å². The number of likely N-dealkylation sites (tertiary alicyclic amines) is 1. The Kier molecular flexibility index (Phi) is 5.71. The average molecular weight is 312 g/mol. The van der Waals surface area contributed by atoms with Crippen LogP contribution in [0.3, 0.4) is 0 Å². The van der Waals surface area contributed by atoms with Gasteiger partial charge >= 0.3 is 6.03 Å². The van der Waals surface area contributed by atoms with E-state index in [1.807, 2.05) is 0 Å². The van der Waals surface area contributed by atoms with Gasteiger partial charge in [-0.05, 0) is 50.3 Å². The number of aliphatic hydroxyl groups excluding tert-OH is 1. The van der Waals surface area contributed by atoms with Gasteiger partial charge in [0.25, 0.3) is 0 Å². The van der Waals surface area contributed by atoms with Crippen molar-refractivity contribution in [3.8, 4) is 0 Å². The van der Waals surface area contributed by atoms with Crippen molar-refractivity contribution in [1.82, 2.24) is 10.2 Å². The second-order valence-corrected chi connectivity index (χ2v) is 5.70. The maximum absolute atomic E-state index is 13.3. The molecule has 0 bridgehead atoms. The fourth-order valence-corrected chi connectivity index (χ4v) is 2.85. The smallest absolute Gasteiger partial charge is 0.318 e. The lowest BCUT2D eigenvalue weighted by molar-refractivity contribution is 0.130. The summed E-state index contributed by atoms with van der Waals surface area (Å²) in [6, 6.07) is 3.01. The molecular formula is C16H22F2N2O2. The molecule has 2 amide bonds. The fraction of sp³-hybridized carbons (Fsp3) is 0.562. The van der Waals surface area contributed by atoms with Gasteiger partial charge in [0, 0.05) is 19.2 Å². The molecule has 1 heterocycles. The van der Waals surface area contributed by atoms with Gasteiger partial charge in [-0.2, -0.15) is 0 Å². The number of benzene rings is 1. The number of aliphatic hydroxyl groups is 1. The highest BCUT2D eigenvalue weighted by molar-refractivity contribution is 5.75. The molecule has 2 N–H and O–H groups in total. The lowest BCUT2D eigenvalue weighted by Crippen LogP contribution is -2.49. The van der Waals surface area contributed by atoms with Gasteiger partial charge in [-0.25, -0.2) is 13.6 Å². The molecule has 2 rings (SSSR count). The van der Waals surface area contributed by atoms with Crippen LogP contribution in [0.1, 0.15) is 44.2 Å². The first kappa shape index (κ1) is 16.7. The molecule has 2 atom stereocenters. The minimum absolute atomic E-state index is 0.0379. The summed E-state index contributed by atoms with van der Waals surface area (Å²) >= 11 is 0. The number of hydrogen-bond donors (Lipinski definition) is 2. The molecule has 1 aromatic rings. The predicted molar refractivity (Wildman–Crippen MR) is 79.4 cm³/mol. The van der Waals surface area contributed by atoms with Crippen LogP contribution in [0, 0.1) is 11.6 Å². The van der Waals surface area contributed by atoms with Crippen LogP contribution in [-0.4, -0.2) is 35.2 Å². The first-order chi connectivity index (χ1) is 10.5. The highest BCUT2D eigenvalue weighted by atomic mass is 19.2. The van der Waals surface area contributed by atoms with Crippen molar-refractivity contribution < 1.29 is 18.7 Å². The zero-order valence-electron chi connectivity index (χ0n) is 12.7. The van der Waals surface area contributed by atoms with E-state index in [0.29, 0.717) is 18.5 Å². The second kappa shape index (κ2) is 7.54. The monoisotopic (exact) mass is 312 g/mol. The molecule has 0 spiro atoms. The molecule has 1 aliphatic rings. The molecule has 1 saturated heterocycles. The minimum Gasteiger partial charge on any atom is -0.396 e. The molecule has 0 aromatic heterocycles. The Hall–Kier alpha value is -1.69. The summed E-state index contributed by atoms with van der Waals surface area (Å²) < 4.78 is 26.2. The van der Waals surface area contributed by atoms with Gasteiger partial charge in [0.1, 0.15) is 0 Å². The number of rotatable bonds is 4. The molecule has 1 fully saturated rings. The maximum atomic E-state index is 13.3. The van der Waals surface area contributed by atoms with Gasteiger partial charge in [0.05, 0.1) is 6.04 Å². The van der Waals surface area contributed by atoms with Crippen molar-refractivity contribution in [2.75, 3.05) is 13.2 Å². The largest absolute Gasteiger partial charge is 0.396 e. The number of hydrogen-bond acceptors (Lipinski definition) is 2. The van der Waals surface area contributed by atoms with Crippen molar-refractivity contribution in [3.63, 3.8) is 0 Å². The molecule has 1 aromatic carbocycles. The maximum Gasteiger partial charge on any atom is 0.318 e. The van der Waals surface area contributed by atoms with E-state index >= 15 is 0 Å². The first-order valence-electron chi connectivity index (χ1n) is 7.66. The third-order valence-electron chi connectivity index (χ3n) is 4.13. The summed E-state index contributed by atoms with van der Waals surface area (Å²) in [7, 11) is 0. The van der Waals surface area contributed by atoms with Crippen LogP contribution in [0.4, 0.5) is 13.6 Å². The highest BCUT2D eigenvalue weighted by Gasteiger charge is 2.27. The average Bonchev–Trinajstić information content (AvgIpc) is 2.50. The molecule has 1 aliphatic heterocycles. The van der Waals surface area contributed by atoms with E-state index in [9.17, 15) is 13.6 Å². The third-order valence-corrected chi connectivity index (χ3v) is 4.13. The van der Waals surface area contributed by atoms with E-state index in [0.717, 1.165) is 31.4 Å². The third kappa shape index (κ3) is 3.94. The van der Waals surface area contributed by atoms with Gasteiger partial charge < -0.3 is 15.3 Å². The minimum atomic E-state index is -0.922. The molecule has 0 saturated carbocycles. The van der Waals surface area contributed by atoms with E-state index < -0.39 is 17.7 Å². The number of urea groups is 1. The first-order valence-corrected chi connectivity index (χ1v) is 7.66. The van der Waals surface area contributed by atoms with Crippen molar-refractivity contribution in [3.05, 3.63) is 35.4 Å². The normalized spacial score (nSPS) is 19.8. The van der Waals surface area contributed by atoms with Crippen LogP contribution in [0.5, 0.6) is 0 Å². The lowest BCUT2D eigenvalue weighted by atomic mass is 10.00. The van der Waals surface area contributed by atoms with Gasteiger partial charge in [-0.15, -0.1) is 0 Å². The molecule has 0 aliphatic carbocycles. The standard InChI is InChI=1S/C16H22F2N2O2/c1-11(12-5-6-14(17)15(18)10-12)19-16(22)20-8-3-2-4-13(20)7-9-21/h5-6,10-11,13,21H,2-4,7-9H2,1H3,(H,19,22)/t11-,13-/m1/s1. The number of nitrogens with one attached hydrogen (secondary N) is 1. The molecule has 122 valence electrons. The number of amides is 2. The van der Waals surface area contributed by atoms with E-state index in [2.05, 4.69) is 5.32 Å². The van der Waals surface area contributed by atoms with Crippen LogP contribution in [-0.2, 0) is 0 Å². The Labute approximate surface area is 129 Å². The van der Waals surface area contributed by atoms with E-state index in [1.54, 1.807) is 11.8 Å². The van der Waals surface area contributed by atoms with Crippen molar-refractivity contribution in [1.29, 1.82) is 0 Å². The number of nitrogens with zero attached hydrogens (tertiary/aromatic N) is 1. The van der Waals surface area contributed by atoms with E-state index in [-0.39, 0.29) is 18.7 Å². The van der Waals surface area contributed by atoms with Crippen LogP contribution in [0.2, 0.25) is 0 Å². The van der Waals surface area contributed by atoms with Crippen LogP contribution in [0.15, 0.2) is 18.2 Å². The van der Waals surface area contributed by atoms with Crippen molar-refractivity contribution >= 4 is 6.03 Å². The lowest BCUT2D eigenvalue weighted by Gasteiger charge is -2.36. The summed E-state index contributed by atoms with van der Waals surface area (Å²) in [5.41, 5.74) is 0.517. The Morgan fingerprint density at radius 1 is 1.41 bits per heavy atom. The van der Waals surface area contributed by atoms with Gasteiger partial charge in [0.15, 0.2) is 11.6 Å². The topological polar surface area (TPSA) is 52.6 Å². The summed E-state index contributed by atoms with van der Waals surface area (Å²) in [6.07, 6.45) is 3.43. The summed E-state index contributed by atoms with van der Waals surface area (Å²) in [6.45, 7) is 2.43. The number of halogens is 2. The van der Waals surface area contributed by atoms with Crippen molar-refractivity contribution in [2.45, 2.75) is 44.7 Å². The Bertz CT molecular complexity index is 523. The van der Waals surface area contributed by atoms with E-state index in [1.165, 1.54) is 6.07 Å². The second-order valence-electron chi connectivity index (χ2n) is 5.70. The Balaban J connectivity index is 2.01. The summed E-state index contributed by atoms with van der Waals surface area (Å²) in [5.74, 6) is -1.82. The van der Waals surface area contributed by atoms with Crippen LogP contribution >= 0.6 is 0 Å². The SMILES string of the molecule is C[C@@H](NC(=O)N1CCCC[C@@H]1CCO)c1ccc(F)c(F)c1. The fourth-order valence-electron chi connectivity index (χ4n) is 2.85. The van der Waals surface area contributed by atoms with Gasteiger partial charge in [0.2, 0.25) is 0 Å². The molecular weight excluding hydrogens is 290 g/mol. The highest BCUT2D eigenvalue weighted by Crippen LogP contribution is 2.21. The summed E-state index contributed by atoms with van der Waals surface area (Å²) in [5, 5.41) is 11.9. The molecule has 22 heavy (non-hydrogen) atoms. The zero-order valence-corrected chi connectivity index (χ0v) is 12.7. The summed E-state index contributed by atoms with van der Waals surface area (Å²) in [4.78, 5) is 14.1.